The molecule has 0 spiro atoms. The summed E-state index contributed by atoms with van der Waals surface area (Å²) in [7, 11) is 0. The minimum atomic E-state index is -5.35. The summed E-state index contributed by atoms with van der Waals surface area (Å²) in [6.45, 7) is 2.09. The Hall–Kier alpha value is -2.32. The Balaban J connectivity index is 1.81. The molecule has 170 valence electrons. The zero-order valence-corrected chi connectivity index (χ0v) is 16.5. The maximum absolute atomic E-state index is 14.5. The van der Waals surface area contributed by atoms with Crippen molar-refractivity contribution < 1.29 is 39.9 Å². The molecule has 1 saturated carbocycles. The van der Waals surface area contributed by atoms with Crippen LogP contribution in [0.3, 0.4) is 0 Å². The zero-order chi connectivity index (χ0) is 23.0. The molecule has 1 aliphatic rings. The third kappa shape index (κ3) is 5.13. The van der Waals surface area contributed by atoms with Crippen molar-refractivity contribution >= 4 is 0 Å². The van der Waals surface area contributed by atoms with E-state index < -0.39 is 46.6 Å². The van der Waals surface area contributed by atoms with Crippen LogP contribution in [-0.4, -0.2) is 0 Å². The van der Waals surface area contributed by atoms with Gasteiger partial charge in [0.1, 0.15) is 28.8 Å². The molecule has 0 amide bonds. The molecule has 1 fully saturated rings. The van der Waals surface area contributed by atoms with Gasteiger partial charge >= 0.3 is 12.3 Å². The molecule has 0 aromatic heterocycles. The monoisotopic (exact) mass is 452 g/mol. The quantitative estimate of drug-likeness (QED) is 0.419. The van der Waals surface area contributed by atoms with E-state index in [0.717, 1.165) is 44.2 Å². The Labute approximate surface area is 174 Å². The van der Waals surface area contributed by atoms with E-state index in [4.69, 9.17) is 0 Å². The summed E-state index contributed by atoms with van der Waals surface area (Å²) < 4.78 is 113. The van der Waals surface area contributed by atoms with Crippen LogP contribution in [0.15, 0.2) is 30.3 Å². The molecule has 9 heteroatoms. The average molecular weight is 452 g/mol. The normalized spacial score (nSPS) is 20.0. The first kappa shape index (κ1) is 23.3. The van der Waals surface area contributed by atoms with Crippen molar-refractivity contribution in [2.75, 3.05) is 0 Å². The summed E-state index contributed by atoms with van der Waals surface area (Å²) in [5.74, 6) is -6.06. The SMILES string of the molecule is CC[C@H]1CC[C@H](c2ccc(C(F)(F)Oc3cc(F)c(C(F)(F)F)c(F)c3)c(F)c2)CC1. The fraction of sp³-hybridized carbons (Fsp3) is 0.455. The second kappa shape index (κ2) is 8.67. The highest BCUT2D eigenvalue weighted by Crippen LogP contribution is 2.41. The van der Waals surface area contributed by atoms with E-state index in [1.54, 1.807) is 0 Å². The second-order valence-electron chi connectivity index (χ2n) is 7.74. The molecular formula is C22H20F8O. The van der Waals surface area contributed by atoms with Gasteiger partial charge in [-0.15, -0.1) is 0 Å². The average Bonchev–Trinajstić information content (AvgIpc) is 2.65. The van der Waals surface area contributed by atoms with Crippen molar-refractivity contribution in [3.8, 4) is 5.75 Å². The van der Waals surface area contributed by atoms with Crippen LogP contribution in [0.4, 0.5) is 35.1 Å². The lowest BCUT2D eigenvalue weighted by Crippen LogP contribution is -2.24. The van der Waals surface area contributed by atoms with Crippen LogP contribution in [0.1, 0.15) is 61.6 Å². The summed E-state index contributed by atoms with van der Waals surface area (Å²) in [5, 5.41) is 0. The summed E-state index contributed by atoms with van der Waals surface area (Å²) in [5.41, 5.74) is -2.84. The highest BCUT2D eigenvalue weighted by Gasteiger charge is 2.41. The molecule has 0 unspecified atom stereocenters. The van der Waals surface area contributed by atoms with Gasteiger partial charge in [0.05, 0.1) is 5.56 Å². The summed E-state index contributed by atoms with van der Waals surface area (Å²) >= 11 is 0. The largest absolute Gasteiger partial charge is 0.429 e. The number of ether oxygens (including phenoxy) is 1. The molecule has 0 heterocycles. The molecule has 2 aromatic carbocycles. The van der Waals surface area contributed by atoms with Gasteiger partial charge in [-0.25, -0.2) is 13.2 Å². The van der Waals surface area contributed by atoms with Crippen LogP contribution in [0, 0.1) is 23.4 Å². The molecule has 0 bridgehead atoms. The standard InChI is InChI=1S/C22H20F8O/c1-2-12-3-5-13(6-4-12)14-7-8-16(17(23)9-14)22(29,30)31-15-10-18(24)20(19(25)11-15)21(26,27)28/h7-13H,2-6H2,1H3/t12-,13-. The number of alkyl halides is 5. The van der Waals surface area contributed by atoms with Crippen molar-refractivity contribution in [3.63, 3.8) is 0 Å². The molecular weight excluding hydrogens is 432 g/mol. The van der Waals surface area contributed by atoms with Crippen LogP contribution in [0.2, 0.25) is 0 Å². The zero-order valence-electron chi connectivity index (χ0n) is 16.5. The molecule has 2 aromatic rings. The summed E-state index contributed by atoms with van der Waals surface area (Å²) in [6.07, 6.45) is -5.10. The first-order chi connectivity index (χ1) is 14.4. The lowest BCUT2D eigenvalue weighted by Gasteiger charge is -2.28. The molecule has 3 rings (SSSR count). The van der Waals surface area contributed by atoms with E-state index in [1.807, 2.05) is 0 Å². The van der Waals surface area contributed by atoms with Crippen molar-refractivity contribution in [1.82, 2.24) is 0 Å². The number of rotatable bonds is 5. The van der Waals surface area contributed by atoms with Gasteiger partial charge in [0.15, 0.2) is 0 Å². The lowest BCUT2D eigenvalue weighted by atomic mass is 9.78. The van der Waals surface area contributed by atoms with Gasteiger partial charge in [0.25, 0.3) is 0 Å². The van der Waals surface area contributed by atoms with E-state index in [1.165, 1.54) is 6.07 Å². The van der Waals surface area contributed by atoms with E-state index in [0.29, 0.717) is 11.5 Å². The minimum Gasteiger partial charge on any atom is -0.429 e. The fourth-order valence-corrected chi connectivity index (χ4v) is 4.01. The second-order valence-corrected chi connectivity index (χ2v) is 7.74. The van der Waals surface area contributed by atoms with Gasteiger partial charge in [-0.3, -0.25) is 0 Å². The number of benzene rings is 2. The molecule has 1 aliphatic carbocycles. The Kier molecular flexibility index (Phi) is 6.53. The maximum Gasteiger partial charge on any atom is 0.429 e. The van der Waals surface area contributed by atoms with Gasteiger partial charge in [-0.2, -0.15) is 22.0 Å². The third-order valence-electron chi connectivity index (χ3n) is 5.75. The summed E-state index contributed by atoms with van der Waals surface area (Å²) in [6, 6.07) is 3.13. The molecule has 0 saturated heterocycles. The first-order valence-electron chi connectivity index (χ1n) is 9.85. The molecule has 31 heavy (non-hydrogen) atoms. The fourth-order valence-electron chi connectivity index (χ4n) is 4.01. The van der Waals surface area contributed by atoms with Crippen molar-refractivity contribution in [3.05, 3.63) is 64.5 Å². The van der Waals surface area contributed by atoms with Gasteiger partial charge in [0.2, 0.25) is 0 Å². The van der Waals surface area contributed by atoms with Crippen LogP contribution in [0.25, 0.3) is 0 Å². The Morgan fingerprint density at radius 2 is 1.42 bits per heavy atom. The minimum absolute atomic E-state index is 0.0156. The lowest BCUT2D eigenvalue weighted by molar-refractivity contribution is -0.187. The van der Waals surface area contributed by atoms with E-state index in [-0.39, 0.29) is 18.1 Å². The van der Waals surface area contributed by atoms with Crippen LogP contribution < -0.4 is 4.74 Å². The highest BCUT2D eigenvalue weighted by molar-refractivity contribution is 5.34. The third-order valence-corrected chi connectivity index (χ3v) is 5.75. The summed E-state index contributed by atoms with van der Waals surface area (Å²) in [4.78, 5) is 0. The number of hydrogen-bond acceptors (Lipinski definition) is 1. The predicted molar refractivity (Wildman–Crippen MR) is 97.3 cm³/mol. The molecule has 0 N–H and O–H groups in total. The van der Waals surface area contributed by atoms with Gasteiger partial charge in [0, 0.05) is 12.1 Å². The molecule has 0 atom stereocenters. The maximum atomic E-state index is 14.5. The van der Waals surface area contributed by atoms with Crippen LogP contribution in [-0.2, 0) is 12.3 Å². The Morgan fingerprint density at radius 3 is 1.90 bits per heavy atom. The molecule has 1 nitrogen and oxygen atoms in total. The van der Waals surface area contributed by atoms with Crippen molar-refractivity contribution in [2.45, 2.75) is 57.2 Å². The van der Waals surface area contributed by atoms with E-state index >= 15 is 0 Å². The van der Waals surface area contributed by atoms with Gasteiger partial charge in [-0.05, 0) is 55.2 Å². The molecule has 0 aliphatic heterocycles. The van der Waals surface area contributed by atoms with E-state index in [9.17, 15) is 35.1 Å². The smallest absolute Gasteiger partial charge is 0.429 e. The van der Waals surface area contributed by atoms with Crippen LogP contribution >= 0.6 is 0 Å². The Bertz CT molecular complexity index is 907. The van der Waals surface area contributed by atoms with Crippen molar-refractivity contribution in [2.24, 2.45) is 5.92 Å². The predicted octanol–water partition coefficient (Wildman–Crippen LogP) is 7.93. The van der Waals surface area contributed by atoms with Gasteiger partial charge in [-0.1, -0.05) is 19.4 Å². The number of halogens is 8. The molecule has 0 radical (unpaired) electrons. The van der Waals surface area contributed by atoms with Gasteiger partial charge < -0.3 is 4.74 Å². The van der Waals surface area contributed by atoms with Crippen LogP contribution in [0.5, 0.6) is 5.75 Å². The number of hydrogen-bond donors (Lipinski definition) is 0. The topological polar surface area (TPSA) is 9.23 Å². The van der Waals surface area contributed by atoms with E-state index in [2.05, 4.69) is 11.7 Å². The first-order valence-corrected chi connectivity index (χ1v) is 9.85. The Morgan fingerprint density at radius 1 is 0.839 bits per heavy atom. The highest BCUT2D eigenvalue weighted by atomic mass is 19.4. The van der Waals surface area contributed by atoms with Crippen molar-refractivity contribution in [1.29, 1.82) is 0 Å².